The van der Waals surface area contributed by atoms with Gasteiger partial charge in [-0.15, -0.1) is 0 Å². The first-order valence-electron chi connectivity index (χ1n) is 11.2. The zero-order chi connectivity index (χ0) is 32.7. The molecule has 0 atom stereocenters. The van der Waals surface area contributed by atoms with Crippen molar-refractivity contribution in [3.8, 4) is 0 Å². The number of rotatable bonds is 7. The molecule has 0 unspecified atom stereocenters. The van der Waals surface area contributed by atoms with Crippen molar-refractivity contribution in [1.82, 2.24) is 0 Å². The maximum atomic E-state index is 14.5. The Morgan fingerprint density at radius 1 is 0.884 bits per heavy atom. The van der Waals surface area contributed by atoms with E-state index in [0.29, 0.717) is 0 Å². The number of nitrogens with zero attached hydrogens (tertiary/aromatic N) is 1. The van der Waals surface area contributed by atoms with Gasteiger partial charge in [-0.1, -0.05) is 23.7 Å². The van der Waals surface area contributed by atoms with E-state index >= 15 is 0 Å². The van der Waals surface area contributed by atoms with E-state index in [1.165, 1.54) is 12.1 Å². The molecule has 18 heteroatoms. The Bertz CT molecular complexity index is 1590. The first kappa shape index (κ1) is 34.0. The van der Waals surface area contributed by atoms with Crippen molar-refractivity contribution in [3.05, 3.63) is 101 Å². The summed E-state index contributed by atoms with van der Waals surface area (Å²) in [7, 11) is 0. The summed E-state index contributed by atoms with van der Waals surface area (Å²) >= 11 is 6.88. The second-order valence-corrected chi connectivity index (χ2v) is 10.3. The highest BCUT2D eigenvalue weighted by Crippen LogP contribution is 2.54. The number of non-ortho nitro benzene ring substituents is 1. The molecule has 0 aliphatic carbocycles. The third kappa shape index (κ3) is 7.02. The minimum atomic E-state index is -6.67. The fourth-order valence-corrected chi connectivity index (χ4v) is 4.87. The van der Waals surface area contributed by atoms with Crippen LogP contribution in [0.2, 0.25) is 5.02 Å². The van der Waals surface area contributed by atoms with Crippen LogP contribution in [0.3, 0.4) is 0 Å². The predicted molar refractivity (Wildman–Crippen MR) is 140 cm³/mol. The predicted octanol–water partition coefficient (Wildman–Crippen LogP) is 8.84. The third-order valence-corrected chi connectivity index (χ3v) is 7.14. The first-order valence-corrected chi connectivity index (χ1v) is 12.6. The summed E-state index contributed by atoms with van der Waals surface area (Å²) in [5, 5.41) is 12.9. The quantitative estimate of drug-likeness (QED) is 0.0859. The minimum Gasteiger partial charge on any atom is -0.322 e. The molecular weight excluding hydrogens is 745 g/mol. The number of nitrogens with one attached hydrogen (secondary N) is 1. The summed E-state index contributed by atoms with van der Waals surface area (Å²) < 4.78 is 134. The molecule has 0 aliphatic heterocycles. The summed E-state index contributed by atoms with van der Waals surface area (Å²) in [6.07, 6.45) is -20.1. The summed E-state index contributed by atoms with van der Waals surface area (Å²) in [6, 6.07) is 6.80. The molecule has 3 rings (SSSR count). The van der Waals surface area contributed by atoms with E-state index in [1.54, 1.807) is 0 Å². The summed E-state index contributed by atoms with van der Waals surface area (Å²) in [5.41, 5.74) is -12.7. The first-order chi connectivity index (χ1) is 19.6. The number of carbonyl (C=O) groups is 2. The Morgan fingerprint density at radius 3 is 2.00 bits per heavy atom. The van der Waals surface area contributed by atoms with Crippen LogP contribution in [0.25, 0.3) is 0 Å². The highest BCUT2D eigenvalue weighted by molar-refractivity contribution is 14.1. The van der Waals surface area contributed by atoms with Gasteiger partial charge in [-0.3, -0.25) is 19.7 Å². The number of anilines is 1. The monoisotopic (exact) mass is 756 g/mol. The lowest BCUT2D eigenvalue weighted by Gasteiger charge is -2.31. The van der Waals surface area contributed by atoms with E-state index in [1.807, 2.05) is 0 Å². The largest absolute Gasteiger partial charge is 0.435 e. The van der Waals surface area contributed by atoms with Crippen LogP contribution in [-0.4, -0.2) is 29.0 Å². The highest BCUT2D eigenvalue weighted by Gasteiger charge is 2.73. The smallest absolute Gasteiger partial charge is 0.322 e. The fourth-order valence-electron chi connectivity index (χ4n) is 3.79. The van der Waals surface area contributed by atoms with Crippen LogP contribution in [0.4, 0.5) is 55.3 Å². The number of hydrogen-bond acceptors (Lipinski definition) is 4. The molecule has 0 radical (unpaired) electrons. The summed E-state index contributed by atoms with van der Waals surface area (Å²) in [5.74, 6) is -1.99. The zero-order valence-corrected chi connectivity index (χ0v) is 23.4. The lowest BCUT2D eigenvalue weighted by molar-refractivity contribution is -0.384. The van der Waals surface area contributed by atoms with Crippen molar-refractivity contribution in [2.24, 2.45) is 0 Å². The average molecular weight is 757 g/mol. The van der Waals surface area contributed by atoms with Crippen molar-refractivity contribution in [2.75, 3.05) is 5.32 Å². The summed E-state index contributed by atoms with van der Waals surface area (Å²) in [4.78, 5) is 35.6. The van der Waals surface area contributed by atoms with E-state index in [-0.39, 0.29) is 27.9 Å². The van der Waals surface area contributed by atoms with Gasteiger partial charge in [0, 0.05) is 38.9 Å². The Hall–Kier alpha value is -3.48. The van der Waals surface area contributed by atoms with Gasteiger partial charge in [0.15, 0.2) is 5.78 Å². The van der Waals surface area contributed by atoms with Gasteiger partial charge in [-0.2, -0.15) is 39.5 Å². The molecule has 1 N–H and O–H groups in total. The average Bonchev–Trinajstić information content (AvgIpc) is 2.87. The number of Topliss-reactive ketones (excluding diaryl/α,β-unsaturated/α-hetero) is 1. The van der Waals surface area contributed by atoms with E-state index in [0.717, 1.165) is 52.9 Å². The van der Waals surface area contributed by atoms with Gasteiger partial charge in [-0.05, 0) is 58.5 Å². The molecule has 3 aromatic rings. The van der Waals surface area contributed by atoms with Crippen LogP contribution in [0, 0.1) is 13.7 Å². The van der Waals surface area contributed by atoms with E-state index in [9.17, 15) is 63.6 Å². The number of benzene rings is 3. The Kier molecular flexibility index (Phi) is 9.41. The molecule has 43 heavy (non-hydrogen) atoms. The molecule has 230 valence electrons. The molecule has 0 aliphatic rings. The van der Waals surface area contributed by atoms with Gasteiger partial charge >= 0.3 is 24.2 Å². The normalized spacial score (nSPS) is 12.7. The van der Waals surface area contributed by atoms with E-state index in [4.69, 9.17) is 11.6 Å². The number of carbonyl (C=O) groups excluding carboxylic acids is 2. The van der Waals surface area contributed by atoms with Gasteiger partial charge in [0.25, 0.3) is 11.6 Å². The lowest BCUT2D eigenvalue weighted by Crippen LogP contribution is -2.50. The van der Waals surface area contributed by atoms with Crippen LogP contribution < -0.4 is 5.32 Å². The Labute approximate surface area is 252 Å². The standard InChI is InChI=1S/C25H12ClF10IN2O4/c26-18-9-14(39(42)43)4-5-15(18)21(41)38-13-3-1-2-11(6-13)20(40)10-16-17(23(28,29)30)7-12(8-19(16)37)22(27,24(31,32)33)25(34,35)36/h1-9H,10H2,(H,38,41). The highest BCUT2D eigenvalue weighted by atomic mass is 127. The van der Waals surface area contributed by atoms with E-state index in [2.05, 4.69) is 5.32 Å². The molecule has 1 amide bonds. The number of nitro benzene ring substituents is 1. The Morgan fingerprint density at radius 2 is 1.49 bits per heavy atom. The van der Waals surface area contributed by atoms with Gasteiger partial charge in [0.2, 0.25) is 0 Å². The molecule has 0 spiro atoms. The Balaban J connectivity index is 1.97. The summed E-state index contributed by atoms with van der Waals surface area (Å²) in [6.45, 7) is 0. The lowest BCUT2D eigenvalue weighted by atomic mass is 9.89. The van der Waals surface area contributed by atoms with Crippen LogP contribution >= 0.6 is 34.2 Å². The van der Waals surface area contributed by atoms with Crippen molar-refractivity contribution < 1.29 is 58.4 Å². The van der Waals surface area contributed by atoms with Gasteiger partial charge in [-0.25, -0.2) is 4.39 Å². The number of amides is 1. The number of hydrogen-bond donors (Lipinski definition) is 1. The van der Waals surface area contributed by atoms with Crippen molar-refractivity contribution >= 4 is 57.3 Å². The van der Waals surface area contributed by atoms with Crippen LogP contribution in [-0.2, 0) is 18.3 Å². The zero-order valence-electron chi connectivity index (χ0n) is 20.5. The maximum Gasteiger partial charge on any atom is 0.435 e. The molecular formula is C25H12ClF10IN2O4. The number of nitro groups is 1. The number of halogens is 12. The molecule has 0 saturated heterocycles. The minimum absolute atomic E-state index is 0.0655. The van der Waals surface area contributed by atoms with Gasteiger partial charge in [0.1, 0.15) is 0 Å². The van der Waals surface area contributed by atoms with Crippen molar-refractivity contribution in [2.45, 2.75) is 30.6 Å². The SMILES string of the molecule is O=C(Cc1c(I)cc(C(F)(C(F)(F)F)C(F)(F)F)cc1C(F)(F)F)c1cccc(NC(=O)c2ccc([N+](=O)[O-])cc2Cl)c1. The second-order valence-electron chi connectivity index (χ2n) is 8.69. The fraction of sp³-hybridized carbons (Fsp3) is 0.200. The van der Waals surface area contributed by atoms with Crippen molar-refractivity contribution in [3.63, 3.8) is 0 Å². The van der Waals surface area contributed by atoms with E-state index < -0.39 is 79.2 Å². The topological polar surface area (TPSA) is 89.3 Å². The van der Waals surface area contributed by atoms with Crippen LogP contribution in [0.1, 0.15) is 37.4 Å². The third-order valence-electron chi connectivity index (χ3n) is 5.87. The molecule has 0 bridgehead atoms. The second kappa shape index (κ2) is 11.9. The molecule has 0 saturated carbocycles. The number of alkyl halides is 10. The van der Waals surface area contributed by atoms with Gasteiger partial charge < -0.3 is 5.32 Å². The number of ketones is 1. The molecule has 3 aromatic carbocycles. The van der Waals surface area contributed by atoms with Gasteiger partial charge in [0.05, 0.1) is 21.1 Å². The molecule has 0 heterocycles. The molecule has 6 nitrogen and oxygen atoms in total. The van der Waals surface area contributed by atoms with Crippen LogP contribution in [0.5, 0.6) is 0 Å². The van der Waals surface area contributed by atoms with Crippen LogP contribution in [0.15, 0.2) is 54.6 Å². The maximum absolute atomic E-state index is 14.5. The molecule has 0 fully saturated rings. The van der Waals surface area contributed by atoms with Crippen molar-refractivity contribution in [1.29, 1.82) is 0 Å². The molecule has 0 aromatic heterocycles.